The Labute approximate surface area is 118 Å². The Kier molecular flexibility index (Phi) is 6.66. The summed E-state index contributed by atoms with van der Waals surface area (Å²) in [6.07, 6.45) is 3.42. The van der Waals surface area contributed by atoms with Gasteiger partial charge in [0.15, 0.2) is 0 Å². The fourth-order valence-corrected chi connectivity index (χ4v) is 1.89. The lowest BCUT2D eigenvalue weighted by Gasteiger charge is -2.14. The second-order valence-corrected chi connectivity index (χ2v) is 4.68. The molecule has 0 unspecified atom stereocenters. The highest BCUT2D eigenvalue weighted by molar-refractivity contribution is 5.73. The minimum absolute atomic E-state index is 0.0107. The number of nitrogens with one attached hydrogen (secondary N) is 1. The number of carboxylic acids is 1. The van der Waals surface area contributed by atoms with Gasteiger partial charge in [0, 0.05) is 12.1 Å². The summed E-state index contributed by atoms with van der Waals surface area (Å²) in [6, 6.07) is 5.33. The zero-order valence-corrected chi connectivity index (χ0v) is 11.5. The molecule has 0 radical (unpaired) electrons. The summed E-state index contributed by atoms with van der Waals surface area (Å²) in [6.45, 7) is 2.75. The zero-order chi connectivity index (χ0) is 15.0. The second kappa shape index (κ2) is 8.27. The molecule has 6 heteroatoms. The largest absolute Gasteiger partial charge is 0.480 e. The summed E-state index contributed by atoms with van der Waals surface area (Å²) in [4.78, 5) is 21.2. The molecule has 110 valence electrons. The highest BCUT2D eigenvalue weighted by Gasteiger charge is 2.17. The minimum atomic E-state index is -0.903. The third kappa shape index (κ3) is 5.36. The summed E-state index contributed by atoms with van der Waals surface area (Å²) in [5.41, 5.74) is 0.780. The number of unbranched alkanes of at least 4 members (excludes halogenated alkanes) is 2. The van der Waals surface area contributed by atoms with Crippen LogP contribution in [0, 0.1) is 10.1 Å². The van der Waals surface area contributed by atoms with Crippen LogP contribution >= 0.6 is 0 Å². The van der Waals surface area contributed by atoms with Crippen LogP contribution in [-0.4, -0.2) is 28.6 Å². The summed E-state index contributed by atoms with van der Waals surface area (Å²) in [5.74, 6) is -0.903. The van der Waals surface area contributed by atoms with E-state index in [0.717, 1.165) is 24.8 Å². The number of nitrogens with zero attached hydrogens (tertiary/aromatic N) is 1. The molecule has 2 N–H and O–H groups in total. The van der Waals surface area contributed by atoms with Gasteiger partial charge in [0.2, 0.25) is 0 Å². The molecule has 1 atom stereocenters. The molecular weight excluding hydrogens is 260 g/mol. The van der Waals surface area contributed by atoms with Crippen molar-refractivity contribution in [3.63, 3.8) is 0 Å². The van der Waals surface area contributed by atoms with Gasteiger partial charge in [-0.1, -0.05) is 31.9 Å². The molecule has 0 aromatic heterocycles. The van der Waals surface area contributed by atoms with Crippen LogP contribution in [0.4, 0.5) is 5.69 Å². The van der Waals surface area contributed by atoms with Crippen LogP contribution in [0.1, 0.15) is 31.7 Å². The molecule has 0 bridgehead atoms. The predicted molar refractivity (Wildman–Crippen MR) is 75.8 cm³/mol. The fraction of sp³-hybridized carbons (Fsp3) is 0.500. The van der Waals surface area contributed by atoms with Gasteiger partial charge in [-0.2, -0.15) is 0 Å². The molecule has 1 aromatic carbocycles. The van der Waals surface area contributed by atoms with Crippen molar-refractivity contribution in [2.75, 3.05) is 6.54 Å². The van der Waals surface area contributed by atoms with Crippen molar-refractivity contribution in [2.24, 2.45) is 0 Å². The molecule has 20 heavy (non-hydrogen) atoms. The third-order valence-electron chi connectivity index (χ3n) is 3.06. The van der Waals surface area contributed by atoms with Crippen molar-refractivity contribution < 1.29 is 14.8 Å². The first-order valence-electron chi connectivity index (χ1n) is 6.74. The van der Waals surface area contributed by atoms with Crippen LogP contribution in [-0.2, 0) is 11.2 Å². The van der Waals surface area contributed by atoms with Crippen LogP contribution in [0.3, 0.4) is 0 Å². The van der Waals surface area contributed by atoms with Gasteiger partial charge in [-0.05, 0) is 24.9 Å². The van der Waals surface area contributed by atoms with E-state index in [1.807, 2.05) is 0 Å². The van der Waals surface area contributed by atoms with E-state index in [9.17, 15) is 14.9 Å². The quantitative estimate of drug-likeness (QED) is 0.411. The molecule has 1 rings (SSSR count). The molecule has 0 heterocycles. The maximum atomic E-state index is 11.2. The van der Waals surface area contributed by atoms with Gasteiger partial charge in [-0.15, -0.1) is 0 Å². The van der Waals surface area contributed by atoms with Crippen LogP contribution in [0.2, 0.25) is 0 Å². The average molecular weight is 280 g/mol. The maximum absolute atomic E-state index is 11.2. The van der Waals surface area contributed by atoms with E-state index >= 15 is 0 Å². The first kappa shape index (κ1) is 16.1. The standard InChI is InChI=1S/C14H20N2O4/c1-2-3-4-9-15-13(14(17)18)10-11-5-7-12(8-6-11)16(19)20/h5-8,13,15H,2-4,9-10H2,1H3,(H,17,18)/t13-/m0/s1. The zero-order valence-electron chi connectivity index (χ0n) is 11.5. The summed E-state index contributed by atoms with van der Waals surface area (Å²) >= 11 is 0. The van der Waals surface area contributed by atoms with Crippen LogP contribution in [0.5, 0.6) is 0 Å². The van der Waals surface area contributed by atoms with Gasteiger partial charge < -0.3 is 10.4 Å². The van der Waals surface area contributed by atoms with Crippen molar-refractivity contribution in [3.8, 4) is 0 Å². The van der Waals surface area contributed by atoms with Crippen molar-refractivity contribution in [1.29, 1.82) is 0 Å². The SMILES string of the molecule is CCCCCN[C@@H](Cc1ccc([N+](=O)[O-])cc1)C(=O)O. The van der Waals surface area contributed by atoms with Crippen molar-refractivity contribution in [3.05, 3.63) is 39.9 Å². The summed E-state index contributed by atoms with van der Waals surface area (Å²) < 4.78 is 0. The Morgan fingerprint density at radius 3 is 2.50 bits per heavy atom. The second-order valence-electron chi connectivity index (χ2n) is 4.68. The fourth-order valence-electron chi connectivity index (χ4n) is 1.89. The lowest BCUT2D eigenvalue weighted by Crippen LogP contribution is -2.39. The number of rotatable bonds is 9. The number of non-ortho nitro benzene ring substituents is 1. The Bertz CT molecular complexity index is 445. The minimum Gasteiger partial charge on any atom is -0.480 e. The molecule has 1 aromatic rings. The van der Waals surface area contributed by atoms with E-state index in [4.69, 9.17) is 5.11 Å². The molecule has 0 aliphatic carbocycles. The van der Waals surface area contributed by atoms with Crippen LogP contribution < -0.4 is 5.32 Å². The maximum Gasteiger partial charge on any atom is 0.321 e. The smallest absolute Gasteiger partial charge is 0.321 e. The first-order chi connectivity index (χ1) is 9.54. The third-order valence-corrected chi connectivity index (χ3v) is 3.06. The molecule has 0 aliphatic heterocycles. The van der Waals surface area contributed by atoms with E-state index in [0.29, 0.717) is 13.0 Å². The molecule has 6 nitrogen and oxygen atoms in total. The lowest BCUT2D eigenvalue weighted by atomic mass is 10.1. The number of carboxylic acid groups (broad SMARTS) is 1. The normalized spacial score (nSPS) is 12.1. The van der Waals surface area contributed by atoms with E-state index in [2.05, 4.69) is 12.2 Å². The number of hydrogen-bond donors (Lipinski definition) is 2. The van der Waals surface area contributed by atoms with Gasteiger partial charge in [0.25, 0.3) is 5.69 Å². The van der Waals surface area contributed by atoms with Gasteiger partial charge in [0.05, 0.1) is 4.92 Å². The number of aliphatic carboxylic acids is 1. The molecule has 0 saturated heterocycles. The molecule has 0 spiro atoms. The summed E-state index contributed by atoms with van der Waals surface area (Å²) in [5, 5.41) is 22.7. The Morgan fingerprint density at radius 1 is 1.35 bits per heavy atom. The van der Waals surface area contributed by atoms with Crippen molar-refractivity contribution in [2.45, 2.75) is 38.6 Å². The van der Waals surface area contributed by atoms with E-state index in [1.54, 1.807) is 12.1 Å². The Hall–Kier alpha value is -1.95. The average Bonchev–Trinajstić information content (AvgIpc) is 2.42. The van der Waals surface area contributed by atoms with E-state index < -0.39 is 16.9 Å². The molecule has 0 aliphatic rings. The monoisotopic (exact) mass is 280 g/mol. The van der Waals surface area contributed by atoms with Gasteiger partial charge in [-0.3, -0.25) is 14.9 Å². The molecule has 0 fully saturated rings. The lowest BCUT2D eigenvalue weighted by molar-refractivity contribution is -0.384. The molecule has 0 saturated carbocycles. The number of benzene rings is 1. The van der Waals surface area contributed by atoms with Gasteiger partial charge in [0.1, 0.15) is 6.04 Å². The molecule has 0 amide bonds. The first-order valence-corrected chi connectivity index (χ1v) is 6.74. The Balaban J connectivity index is 2.56. The number of carbonyl (C=O) groups is 1. The summed E-state index contributed by atoms with van der Waals surface area (Å²) in [7, 11) is 0. The number of hydrogen-bond acceptors (Lipinski definition) is 4. The number of nitro groups is 1. The van der Waals surface area contributed by atoms with Gasteiger partial charge >= 0.3 is 5.97 Å². The number of nitro benzene ring substituents is 1. The highest BCUT2D eigenvalue weighted by Crippen LogP contribution is 2.13. The van der Waals surface area contributed by atoms with Crippen molar-refractivity contribution in [1.82, 2.24) is 5.32 Å². The van der Waals surface area contributed by atoms with Crippen LogP contribution in [0.25, 0.3) is 0 Å². The predicted octanol–water partition coefficient (Wildman–Crippen LogP) is 2.37. The van der Waals surface area contributed by atoms with Crippen LogP contribution in [0.15, 0.2) is 24.3 Å². The van der Waals surface area contributed by atoms with Gasteiger partial charge in [-0.25, -0.2) is 0 Å². The van der Waals surface area contributed by atoms with E-state index in [1.165, 1.54) is 12.1 Å². The topological polar surface area (TPSA) is 92.5 Å². The van der Waals surface area contributed by atoms with Crippen molar-refractivity contribution >= 4 is 11.7 Å². The van der Waals surface area contributed by atoms with E-state index in [-0.39, 0.29) is 5.69 Å². The Morgan fingerprint density at radius 2 is 2.00 bits per heavy atom. The highest BCUT2D eigenvalue weighted by atomic mass is 16.6. The molecular formula is C14H20N2O4.